The molecule has 0 fully saturated rings. The van der Waals surface area contributed by atoms with Crippen molar-refractivity contribution in [3.63, 3.8) is 0 Å². The molecule has 2 nitrogen and oxygen atoms in total. The van der Waals surface area contributed by atoms with Crippen molar-refractivity contribution in [1.29, 1.82) is 0 Å². The van der Waals surface area contributed by atoms with Gasteiger partial charge in [-0.05, 0) is 13.8 Å². The molecule has 0 bridgehead atoms. The number of carbonyl (C=O) groups excluding carboxylic acids is 1. The van der Waals surface area contributed by atoms with Crippen molar-refractivity contribution < 1.29 is 9.18 Å². The van der Waals surface area contributed by atoms with Crippen LogP contribution in [0.2, 0.25) is 0 Å². The molecule has 0 aliphatic rings. The minimum Gasteiger partial charge on any atom is -0.321 e. The molecule has 1 atom stereocenters. The van der Waals surface area contributed by atoms with E-state index in [9.17, 15) is 9.18 Å². The molecule has 0 rings (SSSR count). The number of Topliss-reactive ketones (excluding diaryl/α,β-unsaturated/α-hetero) is 1. The van der Waals surface area contributed by atoms with Crippen molar-refractivity contribution in [2.75, 3.05) is 0 Å². The monoisotopic (exact) mass is 189 g/mol. The third-order valence-corrected chi connectivity index (χ3v) is 1.78. The second-order valence-corrected chi connectivity index (χ2v) is 5.14. The number of carbonyl (C=O) groups is 1. The fraction of sp³-hybridized carbons (Fsp3) is 0.900. The molecule has 0 aromatic heterocycles. The van der Waals surface area contributed by atoms with Crippen LogP contribution < -0.4 is 5.73 Å². The Kier molecular flexibility index (Phi) is 3.62. The molecule has 0 saturated heterocycles. The van der Waals surface area contributed by atoms with Crippen LogP contribution in [0.5, 0.6) is 0 Å². The Balaban J connectivity index is 4.30. The average Bonchev–Trinajstić information content (AvgIpc) is 1.79. The van der Waals surface area contributed by atoms with Crippen LogP contribution in [0.3, 0.4) is 0 Å². The topological polar surface area (TPSA) is 43.1 Å². The van der Waals surface area contributed by atoms with E-state index in [2.05, 4.69) is 0 Å². The number of nitrogens with two attached hydrogens (primary N) is 1. The summed E-state index contributed by atoms with van der Waals surface area (Å²) in [6.07, 6.45) is 0.0864. The number of alkyl halides is 1. The Morgan fingerprint density at radius 1 is 1.31 bits per heavy atom. The zero-order valence-electron chi connectivity index (χ0n) is 9.15. The normalized spacial score (nSPS) is 15.6. The highest BCUT2D eigenvalue weighted by Gasteiger charge is 2.31. The molecule has 78 valence electrons. The Morgan fingerprint density at radius 3 is 1.92 bits per heavy atom. The van der Waals surface area contributed by atoms with Gasteiger partial charge in [-0.15, -0.1) is 0 Å². The molecule has 3 heteroatoms. The molecular weight excluding hydrogens is 169 g/mol. The van der Waals surface area contributed by atoms with Gasteiger partial charge in [0.05, 0.1) is 6.04 Å². The van der Waals surface area contributed by atoms with E-state index in [1.165, 1.54) is 13.8 Å². The summed E-state index contributed by atoms with van der Waals surface area (Å²) in [6.45, 7) is 8.24. The molecular formula is C10H20FNO. The summed E-state index contributed by atoms with van der Waals surface area (Å²) < 4.78 is 13.2. The maximum absolute atomic E-state index is 13.2. The van der Waals surface area contributed by atoms with Gasteiger partial charge in [0.15, 0.2) is 5.78 Å². The smallest absolute Gasteiger partial charge is 0.154 e. The molecule has 2 N–H and O–H groups in total. The van der Waals surface area contributed by atoms with Crippen LogP contribution in [0.4, 0.5) is 4.39 Å². The maximum atomic E-state index is 13.2. The number of hydrogen-bond acceptors (Lipinski definition) is 2. The summed E-state index contributed by atoms with van der Waals surface area (Å²) in [5.74, 6) is -0.0850. The molecule has 1 unspecified atom stereocenters. The van der Waals surface area contributed by atoms with E-state index in [0.717, 1.165) is 0 Å². The largest absolute Gasteiger partial charge is 0.321 e. The van der Waals surface area contributed by atoms with Gasteiger partial charge < -0.3 is 5.73 Å². The highest BCUT2D eigenvalue weighted by atomic mass is 19.1. The fourth-order valence-electron chi connectivity index (χ4n) is 1.17. The van der Waals surface area contributed by atoms with Gasteiger partial charge in [0, 0.05) is 11.8 Å². The van der Waals surface area contributed by atoms with Gasteiger partial charge in [-0.2, -0.15) is 0 Å². The number of halogens is 1. The van der Waals surface area contributed by atoms with Crippen LogP contribution in [0.25, 0.3) is 0 Å². The first-order chi connectivity index (χ1) is 5.54. The molecule has 0 aromatic carbocycles. The number of rotatable bonds is 3. The first kappa shape index (κ1) is 12.6. The number of ketones is 1. The Labute approximate surface area is 79.7 Å². The summed E-state index contributed by atoms with van der Waals surface area (Å²) in [5.41, 5.74) is 3.74. The quantitative estimate of drug-likeness (QED) is 0.738. The van der Waals surface area contributed by atoms with Gasteiger partial charge in [-0.25, -0.2) is 4.39 Å². The fourth-order valence-corrected chi connectivity index (χ4v) is 1.17. The first-order valence-corrected chi connectivity index (χ1v) is 4.53. The van der Waals surface area contributed by atoms with E-state index in [1.54, 1.807) is 20.8 Å². The second-order valence-electron chi connectivity index (χ2n) is 5.14. The minimum atomic E-state index is -1.37. The van der Waals surface area contributed by atoms with Crippen molar-refractivity contribution in [1.82, 2.24) is 0 Å². The highest BCUT2D eigenvalue weighted by molar-refractivity contribution is 5.88. The second kappa shape index (κ2) is 3.74. The van der Waals surface area contributed by atoms with Gasteiger partial charge >= 0.3 is 0 Å². The van der Waals surface area contributed by atoms with Crippen molar-refractivity contribution in [3.8, 4) is 0 Å². The van der Waals surface area contributed by atoms with Gasteiger partial charge in [0.2, 0.25) is 0 Å². The maximum Gasteiger partial charge on any atom is 0.154 e. The lowest BCUT2D eigenvalue weighted by Crippen LogP contribution is -2.42. The lowest BCUT2D eigenvalue weighted by atomic mass is 9.83. The highest BCUT2D eigenvalue weighted by Crippen LogP contribution is 2.22. The molecule has 13 heavy (non-hydrogen) atoms. The third-order valence-electron chi connectivity index (χ3n) is 1.78. The molecule has 0 aliphatic carbocycles. The molecule has 0 heterocycles. The van der Waals surface area contributed by atoms with Crippen molar-refractivity contribution >= 4 is 5.78 Å². The van der Waals surface area contributed by atoms with Crippen molar-refractivity contribution in [3.05, 3.63) is 0 Å². The van der Waals surface area contributed by atoms with Crippen LogP contribution in [0.15, 0.2) is 0 Å². The van der Waals surface area contributed by atoms with Crippen LogP contribution in [0, 0.1) is 5.41 Å². The van der Waals surface area contributed by atoms with E-state index in [0.29, 0.717) is 0 Å². The summed E-state index contributed by atoms with van der Waals surface area (Å²) in [6, 6.07) is -0.694. The van der Waals surface area contributed by atoms with Crippen LogP contribution in [-0.4, -0.2) is 17.5 Å². The van der Waals surface area contributed by atoms with Gasteiger partial charge in [0.25, 0.3) is 0 Å². The van der Waals surface area contributed by atoms with Crippen molar-refractivity contribution in [2.45, 2.75) is 52.8 Å². The van der Waals surface area contributed by atoms with Crippen LogP contribution in [-0.2, 0) is 4.79 Å². The molecule has 0 spiro atoms. The van der Waals surface area contributed by atoms with E-state index in [1.807, 2.05) is 0 Å². The first-order valence-electron chi connectivity index (χ1n) is 4.53. The van der Waals surface area contributed by atoms with Crippen LogP contribution >= 0.6 is 0 Å². The zero-order valence-corrected chi connectivity index (χ0v) is 9.15. The lowest BCUT2D eigenvalue weighted by molar-refractivity contribution is -0.128. The molecule has 0 aromatic rings. The lowest BCUT2D eigenvalue weighted by Gasteiger charge is -2.25. The Bertz CT molecular complexity index is 188. The summed E-state index contributed by atoms with van der Waals surface area (Å²) in [7, 11) is 0. The van der Waals surface area contributed by atoms with E-state index < -0.39 is 17.1 Å². The summed E-state index contributed by atoms with van der Waals surface area (Å²) in [4.78, 5) is 11.6. The predicted molar refractivity (Wildman–Crippen MR) is 52.2 cm³/mol. The van der Waals surface area contributed by atoms with Gasteiger partial charge in [-0.3, -0.25) is 4.79 Å². The van der Waals surface area contributed by atoms with Gasteiger partial charge in [0.1, 0.15) is 5.67 Å². The Hall–Kier alpha value is -0.440. The molecule has 0 aliphatic heterocycles. The summed E-state index contributed by atoms with van der Waals surface area (Å²) in [5, 5.41) is 0. The molecule has 0 radical (unpaired) electrons. The number of hydrogen-bond donors (Lipinski definition) is 1. The van der Waals surface area contributed by atoms with E-state index in [-0.39, 0.29) is 12.2 Å². The minimum absolute atomic E-state index is 0.0850. The molecule has 0 amide bonds. The van der Waals surface area contributed by atoms with E-state index in [4.69, 9.17) is 5.73 Å². The summed E-state index contributed by atoms with van der Waals surface area (Å²) >= 11 is 0. The van der Waals surface area contributed by atoms with Crippen LogP contribution in [0.1, 0.15) is 41.0 Å². The van der Waals surface area contributed by atoms with Crippen molar-refractivity contribution in [2.24, 2.45) is 11.1 Å². The average molecular weight is 189 g/mol. The third kappa shape index (κ3) is 4.98. The standard InChI is InChI=1S/C10H20FNO/c1-9(2,3)8(13)7(12)6-10(4,5)11/h7H,6,12H2,1-5H3. The SMILES string of the molecule is CC(C)(F)CC(N)C(=O)C(C)(C)C. The van der Waals surface area contributed by atoms with Gasteiger partial charge in [-0.1, -0.05) is 20.8 Å². The molecule has 0 saturated carbocycles. The van der Waals surface area contributed by atoms with E-state index >= 15 is 0 Å². The predicted octanol–water partition coefficient (Wildman–Crippen LogP) is 2.07. The zero-order chi connectivity index (χ0) is 10.9. The Morgan fingerprint density at radius 2 is 1.69 bits per heavy atom.